The molecule has 0 atom stereocenters. The summed E-state index contributed by atoms with van der Waals surface area (Å²) in [5.74, 6) is 0. The van der Waals surface area contributed by atoms with Crippen molar-refractivity contribution in [1.82, 2.24) is 5.32 Å². The molecule has 0 aliphatic heterocycles. The van der Waals surface area contributed by atoms with Crippen LogP contribution in [-0.2, 0) is 0 Å². The summed E-state index contributed by atoms with van der Waals surface area (Å²) in [4.78, 5) is 0. The Hall–Kier alpha value is 0.210. The smallest absolute Gasteiger partial charge is 0.0570 e. The van der Waals surface area contributed by atoms with Gasteiger partial charge in [-0.3, -0.25) is 0 Å². The number of aliphatic hydroxyl groups excluding tert-OH is 1. The molecule has 9 heavy (non-hydrogen) atoms. The minimum absolute atomic E-state index is 0. The lowest BCUT2D eigenvalue weighted by atomic mass is 9.90. The summed E-state index contributed by atoms with van der Waals surface area (Å²) in [6.07, 6.45) is 1.89. The molecule has 1 aliphatic carbocycles. The Kier molecular flexibility index (Phi) is 4.19. The first-order valence-electron chi connectivity index (χ1n) is 3.24. The van der Waals surface area contributed by atoms with Crippen molar-refractivity contribution in [1.29, 1.82) is 0 Å². The van der Waals surface area contributed by atoms with Crippen molar-refractivity contribution in [2.24, 2.45) is 0 Å². The molecule has 0 amide bonds. The van der Waals surface area contributed by atoms with Crippen LogP contribution in [0, 0.1) is 0 Å². The lowest BCUT2D eigenvalue weighted by Crippen LogP contribution is -2.43. The summed E-state index contributed by atoms with van der Waals surface area (Å²) >= 11 is 0. The quantitative estimate of drug-likeness (QED) is 0.604. The van der Waals surface area contributed by atoms with E-state index in [1.165, 1.54) is 0 Å². The van der Waals surface area contributed by atoms with Gasteiger partial charge in [-0.15, -0.1) is 12.4 Å². The highest BCUT2D eigenvalue weighted by Gasteiger charge is 2.25. The van der Waals surface area contributed by atoms with Gasteiger partial charge in [-0.25, -0.2) is 0 Å². The number of halogens is 1. The van der Waals surface area contributed by atoms with Gasteiger partial charge in [0.1, 0.15) is 0 Å². The number of rotatable bonds is 2. The monoisotopic (exact) mass is 151 g/mol. The van der Waals surface area contributed by atoms with E-state index in [1.54, 1.807) is 0 Å². The molecule has 0 aromatic carbocycles. The van der Waals surface area contributed by atoms with Crippen LogP contribution in [0.1, 0.15) is 19.8 Å². The molecule has 2 nitrogen and oxygen atoms in total. The zero-order chi connectivity index (χ0) is 5.98. The highest BCUT2D eigenvalue weighted by Crippen LogP contribution is 2.18. The number of aliphatic hydroxyl groups is 1. The van der Waals surface area contributed by atoms with Gasteiger partial charge < -0.3 is 10.4 Å². The van der Waals surface area contributed by atoms with E-state index in [2.05, 4.69) is 12.2 Å². The summed E-state index contributed by atoms with van der Waals surface area (Å²) < 4.78 is 0. The van der Waals surface area contributed by atoms with Gasteiger partial charge in [0.05, 0.1) is 6.10 Å². The zero-order valence-corrected chi connectivity index (χ0v) is 6.45. The lowest BCUT2D eigenvalue weighted by molar-refractivity contribution is 0.0634. The van der Waals surface area contributed by atoms with E-state index >= 15 is 0 Å². The van der Waals surface area contributed by atoms with Gasteiger partial charge in [0.2, 0.25) is 0 Å². The molecule has 56 valence electrons. The van der Waals surface area contributed by atoms with E-state index < -0.39 is 0 Å². The third-order valence-corrected chi connectivity index (χ3v) is 1.61. The first-order valence-corrected chi connectivity index (χ1v) is 3.24. The molecule has 0 spiro atoms. The molecule has 0 aromatic rings. The standard InChI is InChI=1S/C6H13NO.ClH/c1-2-7-5-3-6(8)4-5;/h5-8H,2-4H2,1H3;1H. The van der Waals surface area contributed by atoms with Gasteiger partial charge in [-0.2, -0.15) is 0 Å². The maximum atomic E-state index is 8.80. The highest BCUT2D eigenvalue weighted by atomic mass is 35.5. The first-order chi connectivity index (χ1) is 3.83. The van der Waals surface area contributed by atoms with Crippen molar-refractivity contribution in [3.05, 3.63) is 0 Å². The average Bonchev–Trinajstić information content (AvgIpc) is 1.64. The van der Waals surface area contributed by atoms with Crippen LogP contribution in [0.5, 0.6) is 0 Å². The molecule has 1 rings (SSSR count). The molecular formula is C6H14ClNO. The topological polar surface area (TPSA) is 32.3 Å². The molecule has 0 radical (unpaired) electrons. The van der Waals surface area contributed by atoms with Gasteiger partial charge in [0, 0.05) is 6.04 Å². The van der Waals surface area contributed by atoms with Gasteiger partial charge in [-0.05, 0) is 19.4 Å². The van der Waals surface area contributed by atoms with Crippen LogP contribution in [0.15, 0.2) is 0 Å². The zero-order valence-electron chi connectivity index (χ0n) is 5.63. The van der Waals surface area contributed by atoms with E-state index in [-0.39, 0.29) is 18.5 Å². The van der Waals surface area contributed by atoms with Gasteiger partial charge in [-0.1, -0.05) is 6.92 Å². The van der Waals surface area contributed by atoms with Crippen molar-refractivity contribution < 1.29 is 5.11 Å². The molecule has 2 N–H and O–H groups in total. The lowest BCUT2D eigenvalue weighted by Gasteiger charge is -2.31. The Morgan fingerprint density at radius 2 is 2.11 bits per heavy atom. The third kappa shape index (κ3) is 2.52. The maximum Gasteiger partial charge on any atom is 0.0570 e. The third-order valence-electron chi connectivity index (χ3n) is 1.61. The fourth-order valence-corrected chi connectivity index (χ4v) is 1.04. The van der Waals surface area contributed by atoms with Crippen molar-refractivity contribution >= 4 is 12.4 Å². The summed E-state index contributed by atoms with van der Waals surface area (Å²) in [7, 11) is 0. The van der Waals surface area contributed by atoms with Crippen LogP contribution in [-0.4, -0.2) is 23.8 Å². The molecule has 1 saturated carbocycles. The SMILES string of the molecule is CCNC1CC(O)C1.Cl. The fraction of sp³-hybridized carbons (Fsp3) is 1.00. The maximum absolute atomic E-state index is 8.80. The minimum atomic E-state index is -0.0148. The van der Waals surface area contributed by atoms with Gasteiger partial charge in [0.25, 0.3) is 0 Å². The largest absolute Gasteiger partial charge is 0.393 e. The van der Waals surface area contributed by atoms with Crippen molar-refractivity contribution in [2.75, 3.05) is 6.54 Å². The molecule has 0 heterocycles. The Bertz CT molecular complexity index is 70.7. The molecule has 3 heteroatoms. The van der Waals surface area contributed by atoms with Crippen LogP contribution >= 0.6 is 12.4 Å². The van der Waals surface area contributed by atoms with E-state index in [4.69, 9.17) is 5.11 Å². The number of hydrogen-bond acceptors (Lipinski definition) is 2. The van der Waals surface area contributed by atoms with Crippen molar-refractivity contribution in [3.8, 4) is 0 Å². The second-order valence-electron chi connectivity index (χ2n) is 2.38. The predicted octanol–water partition coefficient (Wildman–Crippen LogP) is 0.541. The van der Waals surface area contributed by atoms with Crippen LogP contribution in [0.3, 0.4) is 0 Å². The Balaban J connectivity index is 0.000000640. The molecule has 0 aromatic heterocycles. The number of nitrogens with one attached hydrogen (secondary N) is 1. The molecular weight excluding hydrogens is 138 g/mol. The van der Waals surface area contributed by atoms with Crippen LogP contribution in [0.4, 0.5) is 0 Å². The fourth-order valence-electron chi connectivity index (χ4n) is 1.04. The second-order valence-corrected chi connectivity index (χ2v) is 2.38. The Morgan fingerprint density at radius 3 is 2.44 bits per heavy atom. The van der Waals surface area contributed by atoms with Gasteiger partial charge in [0.15, 0.2) is 0 Å². The normalized spacial score (nSPS) is 32.7. The van der Waals surface area contributed by atoms with E-state index in [0.717, 1.165) is 19.4 Å². The Morgan fingerprint density at radius 1 is 1.56 bits per heavy atom. The van der Waals surface area contributed by atoms with E-state index in [0.29, 0.717) is 6.04 Å². The molecule has 0 bridgehead atoms. The summed E-state index contributed by atoms with van der Waals surface area (Å²) in [6, 6.07) is 0.606. The second kappa shape index (κ2) is 4.09. The molecule has 0 unspecified atom stereocenters. The van der Waals surface area contributed by atoms with Gasteiger partial charge >= 0.3 is 0 Å². The van der Waals surface area contributed by atoms with Crippen LogP contribution in [0.2, 0.25) is 0 Å². The predicted molar refractivity (Wildman–Crippen MR) is 40.0 cm³/mol. The molecule has 1 aliphatic rings. The van der Waals surface area contributed by atoms with Crippen LogP contribution < -0.4 is 5.32 Å². The van der Waals surface area contributed by atoms with E-state index in [1.807, 2.05) is 0 Å². The highest BCUT2D eigenvalue weighted by molar-refractivity contribution is 5.85. The van der Waals surface area contributed by atoms with Crippen LogP contribution in [0.25, 0.3) is 0 Å². The summed E-state index contributed by atoms with van der Waals surface area (Å²) in [6.45, 7) is 3.11. The Labute approximate surface area is 62.1 Å². The summed E-state index contributed by atoms with van der Waals surface area (Å²) in [5, 5.41) is 12.1. The molecule has 0 saturated heterocycles. The molecule has 1 fully saturated rings. The average molecular weight is 152 g/mol. The number of hydrogen-bond donors (Lipinski definition) is 2. The van der Waals surface area contributed by atoms with Crippen molar-refractivity contribution in [3.63, 3.8) is 0 Å². The summed E-state index contributed by atoms with van der Waals surface area (Å²) in [5.41, 5.74) is 0. The first kappa shape index (κ1) is 9.21. The minimum Gasteiger partial charge on any atom is -0.393 e. The van der Waals surface area contributed by atoms with E-state index in [9.17, 15) is 0 Å². The van der Waals surface area contributed by atoms with Crippen molar-refractivity contribution in [2.45, 2.75) is 31.9 Å².